The van der Waals surface area contributed by atoms with Crippen LogP contribution in [0.15, 0.2) is 78.0 Å². The van der Waals surface area contributed by atoms with Crippen molar-refractivity contribution in [1.82, 2.24) is 20.4 Å². The van der Waals surface area contributed by atoms with Gasteiger partial charge in [0.05, 0.1) is 17.9 Å². The van der Waals surface area contributed by atoms with Gasteiger partial charge in [-0.15, -0.1) is 0 Å². The molecule has 0 bridgehead atoms. The largest absolute Gasteiger partial charge is 0.357 e. The summed E-state index contributed by atoms with van der Waals surface area (Å²) in [6.07, 6.45) is 4.83. The van der Waals surface area contributed by atoms with Gasteiger partial charge in [-0.3, -0.25) is 4.99 Å². The third kappa shape index (κ3) is 5.45. The fourth-order valence-electron chi connectivity index (χ4n) is 2.86. The molecule has 5 heteroatoms. The lowest BCUT2D eigenvalue weighted by molar-refractivity contribution is 0.686. The molecule has 3 rings (SSSR count). The molecule has 140 valence electrons. The highest BCUT2D eigenvalue weighted by atomic mass is 15.3. The summed E-state index contributed by atoms with van der Waals surface area (Å²) in [6, 6.07) is 20.7. The zero-order valence-electron chi connectivity index (χ0n) is 16.0. The number of aliphatic imine (C=N–C) groups is 1. The summed E-state index contributed by atoms with van der Waals surface area (Å²) in [5.74, 6) is 0.837. The number of hydrogen-bond donors (Lipinski definition) is 2. The van der Waals surface area contributed by atoms with Gasteiger partial charge in [-0.25, -0.2) is 4.68 Å². The second-order valence-corrected chi connectivity index (χ2v) is 6.42. The first-order chi connectivity index (χ1) is 13.3. The van der Waals surface area contributed by atoms with E-state index < -0.39 is 0 Å². The summed E-state index contributed by atoms with van der Waals surface area (Å²) >= 11 is 0. The fourth-order valence-corrected chi connectivity index (χ4v) is 2.86. The Morgan fingerprint density at radius 2 is 1.78 bits per heavy atom. The van der Waals surface area contributed by atoms with E-state index in [1.165, 1.54) is 11.1 Å². The van der Waals surface area contributed by atoms with Crippen molar-refractivity contribution in [2.75, 3.05) is 13.1 Å². The zero-order chi connectivity index (χ0) is 18.9. The highest BCUT2D eigenvalue weighted by Crippen LogP contribution is 2.11. The normalized spacial score (nSPS) is 12.6. The topological polar surface area (TPSA) is 54.2 Å². The molecule has 0 saturated heterocycles. The molecule has 2 aromatic carbocycles. The number of rotatable bonds is 7. The maximum Gasteiger partial charge on any atom is 0.191 e. The van der Waals surface area contributed by atoms with E-state index in [2.05, 4.69) is 60.0 Å². The highest BCUT2D eigenvalue weighted by Gasteiger charge is 2.07. The highest BCUT2D eigenvalue weighted by molar-refractivity contribution is 5.80. The summed E-state index contributed by atoms with van der Waals surface area (Å²) < 4.78 is 1.90. The fraction of sp³-hybridized carbons (Fsp3) is 0.273. The molecule has 0 aliphatic carbocycles. The van der Waals surface area contributed by atoms with Crippen molar-refractivity contribution in [3.8, 4) is 5.69 Å². The summed E-state index contributed by atoms with van der Waals surface area (Å²) in [5.41, 5.74) is 3.49. The molecular formula is C22H27N5. The van der Waals surface area contributed by atoms with Crippen LogP contribution in [0.2, 0.25) is 0 Å². The maximum atomic E-state index is 4.71. The molecular weight excluding hydrogens is 334 g/mol. The maximum absolute atomic E-state index is 4.71. The lowest BCUT2D eigenvalue weighted by atomic mass is 10.1. The van der Waals surface area contributed by atoms with Crippen molar-refractivity contribution in [2.24, 2.45) is 4.99 Å². The number of nitrogens with zero attached hydrogens (tertiary/aromatic N) is 3. The van der Waals surface area contributed by atoms with Crippen molar-refractivity contribution in [2.45, 2.75) is 26.3 Å². The summed E-state index contributed by atoms with van der Waals surface area (Å²) in [7, 11) is 0. The van der Waals surface area contributed by atoms with Crippen molar-refractivity contribution in [1.29, 1.82) is 0 Å². The van der Waals surface area contributed by atoms with Gasteiger partial charge in [-0.2, -0.15) is 5.10 Å². The van der Waals surface area contributed by atoms with Gasteiger partial charge in [0.15, 0.2) is 5.96 Å². The summed E-state index contributed by atoms with van der Waals surface area (Å²) in [4.78, 5) is 4.71. The van der Waals surface area contributed by atoms with Gasteiger partial charge in [0, 0.05) is 19.3 Å². The third-order valence-corrected chi connectivity index (χ3v) is 4.32. The van der Waals surface area contributed by atoms with Gasteiger partial charge >= 0.3 is 0 Å². The molecule has 0 aliphatic heterocycles. The molecule has 1 heterocycles. The number of nitrogens with one attached hydrogen (secondary N) is 2. The Morgan fingerprint density at radius 1 is 1.07 bits per heavy atom. The van der Waals surface area contributed by atoms with E-state index in [4.69, 9.17) is 4.99 Å². The van der Waals surface area contributed by atoms with Crippen LogP contribution in [0.5, 0.6) is 0 Å². The first-order valence-electron chi connectivity index (χ1n) is 9.45. The van der Waals surface area contributed by atoms with Crippen molar-refractivity contribution in [3.63, 3.8) is 0 Å². The van der Waals surface area contributed by atoms with Crippen LogP contribution < -0.4 is 10.6 Å². The van der Waals surface area contributed by atoms with E-state index in [0.717, 1.165) is 24.6 Å². The Kier molecular flexibility index (Phi) is 6.63. The van der Waals surface area contributed by atoms with Gasteiger partial charge in [0.25, 0.3) is 0 Å². The lowest BCUT2D eigenvalue weighted by Gasteiger charge is -2.18. The molecule has 0 saturated carbocycles. The van der Waals surface area contributed by atoms with E-state index >= 15 is 0 Å². The van der Waals surface area contributed by atoms with Crippen LogP contribution in [-0.4, -0.2) is 28.8 Å². The van der Waals surface area contributed by atoms with Crippen LogP contribution in [0.3, 0.4) is 0 Å². The number of aromatic nitrogens is 2. The first-order valence-corrected chi connectivity index (χ1v) is 9.45. The molecule has 2 N–H and O–H groups in total. The molecule has 1 aromatic heterocycles. The summed E-state index contributed by atoms with van der Waals surface area (Å²) in [5, 5.41) is 11.2. The van der Waals surface area contributed by atoms with Crippen LogP contribution in [0.4, 0.5) is 0 Å². The number of hydrogen-bond acceptors (Lipinski definition) is 2. The SMILES string of the molecule is CCNC(=NCCc1cnn(-c2ccccc2)c1)NC(C)c1ccccc1. The van der Waals surface area contributed by atoms with E-state index in [1.54, 1.807) is 0 Å². The van der Waals surface area contributed by atoms with Crippen molar-refractivity contribution in [3.05, 3.63) is 84.2 Å². The Balaban J connectivity index is 1.58. The van der Waals surface area contributed by atoms with E-state index in [0.29, 0.717) is 6.54 Å². The predicted molar refractivity (Wildman–Crippen MR) is 111 cm³/mol. The van der Waals surface area contributed by atoms with Gasteiger partial charge < -0.3 is 10.6 Å². The van der Waals surface area contributed by atoms with E-state index in [-0.39, 0.29) is 6.04 Å². The second-order valence-electron chi connectivity index (χ2n) is 6.42. The molecule has 1 atom stereocenters. The van der Waals surface area contributed by atoms with Crippen molar-refractivity contribution < 1.29 is 0 Å². The molecule has 0 aliphatic rings. The Bertz CT molecular complexity index is 839. The van der Waals surface area contributed by atoms with Crippen LogP contribution in [0.25, 0.3) is 5.69 Å². The number of guanidine groups is 1. The average molecular weight is 361 g/mol. The smallest absolute Gasteiger partial charge is 0.191 e. The Morgan fingerprint density at radius 3 is 2.48 bits per heavy atom. The average Bonchev–Trinajstić information content (AvgIpc) is 3.18. The minimum absolute atomic E-state index is 0.199. The van der Waals surface area contributed by atoms with E-state index in [9.17, 15) is 0 Å². The van der Waals surface area contributed by atoms with Gasteiger partial charge in [-0.1, -0.05) is 48.5 Å². The van der Waals surface area contributed by atoms with Crippen LogP contribution in [-0.2, 0) is 6.42 Å². The van der Waals surface area contributed by atoms with E-state index in [1.807, 2.05) is 47.3 Å². The molecule has 3 aromatic rings. The van der Waals surface area contributed by atoms with Crippen LogP contribution in [0.1, 0.15) is 31.0 Å². The number of benzene rings is 2. The third-order valence-electron chi connectivity index (χ3n) is 4.32. The number of para-hydroxylation sites is 1. The van der Waals surface area contributed by atoms with Crippen LogP contribution >= 0.6 is 0 Å². The minimum atomic E-state index is 0.199. The van der Waals surface area contributed by atoms with Gasteiger partial charge in [-0.05, 0) is 43.5 Å². The Labute approximate surface area is 161 Å². The molecule has 27 heavy (non-hydrogen) atoms. The molecule has 0 amide bonds. The minimum Gasteiger partial charge on any atom is -0.357 e. The summed E-state index contributed by atoms with van der Waals surface area (Å²) in [6.45, 7) is 5.76. The van der Waals surface area contributed by atoms with Crippen LogP contribution in [0, 0.1) is 0 Å². The molecule has 0 fully saturated rings. The lowest BCUT2D eigenvalue weighted by Crippen LogP contribution is -2.38. The monoisotopic (exact) mass is 361 g/mol. The van der Waals surface area contributed by atoms with Gasteiger partial charge in [0.2, 0.25) is 0 Å². The zero-order valence-corrected chi connectivity index (χ0v) is 16.0. The Hall–Kier alpha value is -3.08. The molecule has 1 unspecified atom stereocenters. The molecule has 0 radical (unpaired) electrons. The van der Waals surface area contributed by atoms with Crippen molar-refractivity contribution >= 4 is 5.96 Å². The quantitative estimate of drug-likeness (QED) is 0.498. The predicted octanol–water partition coefficient (Wildman–Crippen LogP) is 3.73. The molecule has 0 spiro atoms. The first kappa shape index (κ1) is 18.7. The second kappa shape index (κ2) is 9.57. The molecule has 5 nitrogen and oxygen atoms in total. The standard InChI is InChI=1S/C22H27N5/c1-3-23-22(26-18(2)20-10-6-4-7-11-20)24-15-14-19-16-25-27(17-19)21-12-8-5-9-13-21/h4-13,16-18H,3,14-15H2,1-2H3,(H2,23,24,26). The van der Waals surface area contributed by atoms with Gasteiger partial charge in [0.1, 0.15) is 0 Å².